The van der Waals surface area contributed by atoms with E-state index in [9.17, 15) is 13.2 Å². The van der Waals surface area contributed by atoms with Gasteiger partial charge in [-0.2, -0.15) is 0 Å². The Labute approximate surface area is 180 Å². The number of nitrogens with zero attached hydrogens (tertiary/aromatic N) is 2. The standard InChI is InChI=1S/C21H22N4O5S/c1-3-19(30-17-7-4-6-16(14-17)29-2)20(26)24-15-8-10-18(11-9-15)31(27,28)25-21-22-12-5-13-23-21/h4-14,19H,3H2,1-2H3,(H,24,26)(H,22,23,25)/t19-/m0/s1. The van der Waals surface area contributed by atoms with Crippen LogP contribution in [0.3, 0.4) is 0 Å². The highest BCUT2D eigenvalue weighted by Gasteiger charge is 2.20. The van der Waals surface area contributed by atoms with E-state index in [1.54, 1.807) is 37.4 Å². The SMILES string of the molecule is CC[C@H](Oc1cccc(OC)c1)C(=O)Nc1ccc(S(=O)(=O)Nc2ncccn2)cc1. The van der Waals surface area contributed by atoms with Crippen LogP contribution >= 0.6 is 0 Å². The van der Waals surface area contributed by atoms with Crippen molar-refractivity contribution < 1.29 is 22.7 Å². The van der Waals surface area contributed by atoms with Gasteiger partial charge >= 0.3 is 0 Å². The fourth-order valence-electron chi connectivity index (χ4n) is 2.63. The number of ether oxygens (including phenoxy) is 2. The lowest BCUT2D eigenvalue weighted by Crippen LogP contribution is -2.32. The molecule has 3 rings (SSSR count). The Morgan fingerprint density at radius 3 is 2.35 bits per heavy atom. The lowest BCUT2D eigenvalue weighted by atomic mass is 10.2. The molecule has 0 spiro atoms. The normalized spacial score (nSPS) is 11.9. The number of benzene rings is 2. The molecular formula is C21H22N4O5S. The summed E-state index contributed by atoms with van der Waals surface area (Å²) in [4.78, 5) is 20.3. The van der Waals surface area contributed by atoms with Gasteiger partial charge in [-0.15, -0.1) is 0 Å². The summed E-state index contributed by atoms with van der Waals surface area (Å²) in [6.07, 6.45) is 2.58. The Bertz CT molecular complexity index is 1120. The molecular weight excluding hydrogens is 420 g/mol. The van der Waals surface area contributed by atoms with Crippen molar-refractivity contribution >= 4 is 27.6 Å². The molecule has 2 N–H and O–H groups in total. The molecule has 31 heavy (non-hydrogen) atoms. The Morgan fingerprint density at radius 1 is 1.03 bits per heavy atom. The van der Waals surface area contributed by atoms with Crippen molar-refractivity contribution in [1.29, 1.82) is 0 Å². The van der Waals surface area contributed by atoms with E-state index in [2.05, 4.69) is 20.0 Å². The zero-order valence-corrected chi connectivity index (χ0v) is 17.8. The number of anilines is 2. The second kappa shape index (κ2) is 9.90. The van der Waals surface area contributed by atoms with Crippen molar-refractivity contribution in [1.82, 2.24) is 9.97 Å². The Hall–Kier alpha value is -3.66. The predicted molar refractivity (Wildman–Crippen MR) is 116 cm³/mol. The molecule has 0 unspecified atom stereocenters. The molecule has 9 nitrogen and oxygen atoms in total. The van der Waals surface area contributed by atoms with Crippen LogP contribution in [0, 0.1) is 0 Å². The number of sulfonamides is 1. The number of carbonyl (C=O) groups excluding carboxylic acids is 1. The molecule has 2 aromatic carbocycles. The Morgan fingerprint density at radius 2 is 1.71 bits per heavy atom. The van der Waals surface area contributed by atoms with Crippen LogP contribution in [-0.2, 0) is 14.8 Å². The maximum absolute atomic E-state index is 12.6. The van der Waals surface area contributed by atoms with Gasteiger partial charge < -0.3 is 14.8 Å². The van der Waals surface area contributed by atoms with Crippen molar-refractivity contribution in [2.24, 2.45) is 0 Å². The van der Waals surface area contributed by atoms with Gasteiger partial charge in [0.1, 0.15) is 11.5 Å². The van der Waals surface area contributed by atoms with E-state index >= 15 is 0 Å². The fraction of sp³-hybridized carbons (Fsp3) is 0.190. The first-order chi connectivity index (χ1) is 14.9. The van der Waals surface area contributed by atoms with Crippen molar-refractivity contribution in [3.8, 4) is 11.5 Å². The van der Waals surface area contributed by atoms with E-state index in [0.29, 0.717) is 23.6 Å². The molecule has 0 aliphatic heterocycles. The minimum atomic E-state index is -3.85. The van der Waals surface area contributed by atoms with E-state index in [-0.39, 0.29) is 16.8 Å². The van der Waals surface area contributed by atoms with E-state index < -0.39 is 16.1 Å². The second-order valence-electron chi connectivity index (χ2n) is 6.39. The third-order valence-electron chi connectivity index (χ3n) is 4.21. The van der Waals surface area contributed by atoms with Crippen LogP contribution in [0.2, 0.25) is 0 Å². The molecule has 10 heteroatoms. The second-order valence-corrected chi connectivity index (χ2v) is 8.07. The summed E-state index contributed by atoms with van der Waals surface area (Å²) in [5.41, 5.74) is 0.438. The highest BCUT2D eigenvalue weighted by atomic mass is 32.2. The molecule has 0 saturated heterocycles. The van der Waals surface area contributed by atoms with Gasteiger partial charge in [-0.3, -0.25) is 4.79 Å². The maximum atomic E-state index is 12.6. The molecule has 0 aliphatic carbocycles. The summed E-state index contributed by atoms with van der Waals surface area (Å²) in [6, 6.07) is 14.3. The number of hydrogen-bond acceptors (Lipinski definition) is 7. The molecule has 1 atom stereocenters. The lowest BCUT2D eigenvalue weighted by Gasteiger charge is -2.18. The Balaban J connectivity index is 1.65. The molecule has 1 amide bonds. The van der Waals surface area contributed by atoms with Crippen molar-refractivity contribution in [2.75, 3.05) is 17.1 Å². The largest absolute Gasteiger partial charge is 0.497 e. The minimum Gasteiger partial charge on any atom is -0.497 e. The van der Waals surface area contributed by atoms with E-state index in [4.69, 9.17) is 9.47 Å². The van der Waals surface area contributed by atoms with Crippen molar-refractivity contribution in [3.63, 3.8) is 0 Å². The van der Waals surface area contributed by atoms with Crippen molar-refractivity contribution in [2.45, 2.75) is 24.3 Å². The first kappa shape index (κ1) is 22.0. The van der Waals surface area contributed by atoms with Crippen LogP contribution in [0.5, 0.6) is 11.5 Å². The van der Waals surface area contributed by atoms with Gasteiger partial charge in [0.25, 0.3) is 15.9 Å². The van der Waals surface area contributed by atoms with Gasteiger partial charge in [0, 0.05) is 24.1 Å². The highest BCUT2D eigenvalue weighted by molar-refractivity contribution is 7.92. The maximum Gasteiger partial charge on any atom is 0.265 e. The highest BCUT2D eigenvalue weighted by Crippen LogP contribution is 2.22. The average molecular weight is 442 g/mol. The number of aromatic nitrogens is 2. The molecule has 0 radical (unpaired) electrons. The topological polar surface area (TPSA) is 120 Å². The average Bonchev–Trinajstić information content (AvgIpc) is 2.78. The summed E-state index contributed by atoms with van der Waals surface area (Å²) in [6.45, 7) is 1.83. The predicted octanol–water partition coefficient (Wildman–Crippen LogP) is 3.08. The Kier molecular flexibility index (Phi) is 7.03. The van der Waals surface area contributed by atoms with Crippen molar-refractivity contribution in [3.05, 3.63) is 67.0 Å². The number of methoxy groups -OCH3 is 1. The summed E-state index contributed by atoms with van der Waals surface area (Å²) in [5.74, 6) is 0.758. The number of hydrogen-bond donors (Lipinski definition) is 2. The third kappa shape index (κ3) is 5.92. The fourth-order valence-corrected chi connectivity index (χ4v) is 3.59. The molecule has 1 heterocycles. The van der Waals surface area contributed by atoms with Crippen LogP contribution < -0.4 is 19.5 Å². The van der Waals surface area contributed by atoms with Gasteiger partial charge in [0.2, 0.25) is 5.95 Å². The van der Waals surface area contributed by atoms with Gasteiger partial charge in [-0.1, -0.05) is 13.0 Å². The van der Waals surface area contributed by atoms with E-state index in [0.717, 1.165) is 0 Å². The quantitative estimate of drug-likeness (QED) is 0.522. The molecule has 3 aromatic rings. The van der Waals surface area contributed by atoms with Gasteiger partial charge in [0.05, 0.1) is 12.0 Å². The summed E-state index contributed by atoms with van der Waals surface area (Å²) in [7, 11) is -2.30. The molecule has 0 fully saturated rings. The first-order valence-electron chi connectivity index (χ1n) is 9.42. The molecule has 0 saturated carbocycles. The first-order valence-corrected chi connectivity index (χ1v) is 10.9. The van der Waals surface area contributed by atoms with Gasteiger partial charge in [-0.05, 0) is 48.9 Å². The van der Waals surface area contributed by atoms with Crippen LogP contribution in [0.4, 0.5) is 11.6 Å². The third-order valence-corrected chi connectivity index (χ3v) is 5.55. The smallest absolute Gasteiger partial charge is 0.265 e. The van der Waals surface area contributed by atoms with Gasteiger partial charge in [-0.25, -0.2) is 23.1 Å². The molecule has 0 aliphatic rings. The molecule has 1 aromatic heterocycles. The van der Waals surface area contributed by atoms with Gasteiger partial charge in [0.15, 0.2) is 6.10 Å². The summed E-state index contributed by atoms with van der Waals surface area (Å²) in [5, 5.41) is 2.74. The summed E-state index contributed by atoms with van der Waals surface area (Å²) >= 11 is 0. The van der Waals surface area contributed by atoms with E-state index in [1.807, 2.05) is 6.92 Å². The van der Waals surface area contributed by atoms with Crippen LogP contribution in [0.25, 0.3) is 0 Å². The monoisotopic (exact) mass is 442 g/mol. The minimum absolute atomic E-state index is 0.0117. The number of nitrogens with one attached hydrogen (secondary N) is 2. The summed E-state index contributed by atoms with van der Waals surface area (Å²) < 4.78 is 38.1. The zero-order chi connectivity index (χ0) is 22.3. The number of rotatable bonds is 9. The number of amides is 1. The van der Waals surface area contributed by atoms with Crippen LogP contribution in [0.1, 0.15) is 13.3 Å². The number of carbonyl (C=O) groups is 1. The lowest BCUT2D eigenvalue weighted by molar-refractivity contribution is -0.122. The van der Waals surface area contributed by atoms with E-state index in [1.165, 1.54) is 36.7 Å². The van der Waals surface area contributed by atoms with Crippen LogP contribution in [-0.4, -0.2) is 37.5 Å². The molecule has 162 valence electrons. The molecule has 0 bridgehead atoms. The zero-order valence-electron chi connectivity index (χ0n) is 17.0. The van der Waals surface area contributed by atoms with Crippen LogP contribution in [0.15, 0.2) is 71.9 Å².